The quantitative estimate of drug-likeness (QED) is 0.356. The fraction of sp³-hybridized carbons (Fsp3) is 0.182. The summed E-state index contributed by atoms with van der Waals surface area (Å²) in [5.74, 6) is 1.33. The minimum absolute atomic E-state index is 0.213. The van der Waals surface area contributed by atoms with Crippen LogP contribution in [0.25, 0.3) is 22.8 Å². The summed E-state index contributed by atoms with van der Waals surface area (Å²) in [6, 6.07) is 17.3. The zero-order chi connectivity index (χ0) is 22.9. The molecule has 3 heterocycles. The van der Waals surface area contributed by atoms with Crippen molar-refractivity contribution in [1.82, 2.24) is 39.7 Å². The van der Waals surface area contributed by atoms with E-state index in [0.29, 0.717) is 28.3 Å². The molecule has 0 fully saturated rings. The first-order chi connectivity index (χ1) is 16.0. The van der Waals surface area contributed by atoms with Gasteiger partial charge in [-0.3, -0.25) is 9.48 Å². The van der Waals surface area contributed by atoms with Gasteiger partial charge in [0.1, 0.15) is 0 Å². The van der Waals surface area contributed by atoms with Crippen LogP contribution < -0.4 is 5.56 Å². The van der Waals surface area contributed by atoms with Crippen LogP contribution in [0.5, 0.6) is 0 Å². The highest BCUT2D eigenvalue weighted by atomic mass is 32.2. The van der Waals surface area contributed by atoms with Crippen LogP contribution in [0.15, 0.2) is 69.1 Å². The number of aryl methyl sites for hydroxylation is 1. The van der Waals surface area contributed by atoms with E-state index in [-0.39, 0.29) is 5.56 Å². The number of benzene rings is 2. The summed E-state index contributed by atoms with van der Waals surface area (Å²) in [6.45, 7) is 3.87. The molecule has 33 heavy (non-hydrogen) atoms. The van der Waals surface area contributed by atoms with Gasteiger partial charge < -0.3 is 4.52 Å². The number of para-hydroxylation sites is 1. The summed E-state index contributed by atoms with van der Waals surface area (Å²) in [6.07, 6.45) is 0. The van der Waals surface area contributed by atoms with Crippen LogP contribution in [-0.2, 0) is 12.8 Å². The Balaban J connectivity index is 1.42. The van der Waals surface area contributed by atoms with Gasteiger partial charge in [-0.15, -0.1) is 5.10 Å². The van der Waals surface area contributed by atoms with Gasteiger partial charge in [0.2, 0.25) is 16.9 Å². The molecule has 2 aromatic carbocycles. The van der Waals surface area contributed by atoms with E-state index in [4.69, 9.17) is 4.52 Å². The van der Waals surface area contributed by atoms with Crippen molar-refractivity contribution in [3.05, 3.63) is 82.1 Å². The lowest BCUT2D eigenvalue weighted by atomic mass is 10.1. The number of rotatable bonds is 6. The maximum absolute atomic E-state index is 13.3. The van der Waals surface area contributed by atoms with E-state index in [0.717, 1.165) is 22.5 Å². The molecule has 0 atom stereocenters. The largest absolute Gasteiger partial charge is 0.338 e. The summed E-state index contributed by atoms with van der Waals surface area (Å²) >= 11 is 1.31. The molecule has 0 aliphatic heterocycles. The third-order valence-corrected chi connectivity index (χ3v) is 6.15. The average molecular weight is 461 g/mol. The fourth-order valence-corrected chi connectivity index (χ4v) is 4.26. The molecule has 0 saturated carbocycles. The maximum atomic E-state index is 13.3. The Morgan fingerprint density at radius 2 is 1.88 bits per heavy atom. The molecule has 0 amide bonds. The number of tetrazole rings is 1. The van der Waals surface area contributed by atoms with Crippen molar-refractivity contribution in [3.8, 4) is 22.8 Å². The highest BCUT2D eigenvalue weighted by Crippen LogP contribution is 2.24. The Morgan fingerprint density at radius 3 is 2.67 bits per heavy atom. The maximum Gasteiger partial charge on any atom is 0.297 e. The molecule has 11 heteroatoms. The van der Waals surface area contributed by atoms with Crippen LogP contribution in [0.4, 0.5) is 0 Å². The molecule has 0 spiro atoms. The lowest BCUT2D eigenvalue weighted by molar-refractivity contribution is 0.391. The van der Waals surface area contributed by atoms with Crippen LogP contribution in [0, 0.1) is 13.8 Å². The van der Waals surface area contributed by atoms with Crippen molar-refractivity contribution in [2.24, 2.45) is 7.05 Å². The second kappa shape index (κ2) is 8.51. The van der Waals surface area contributed by atoms with Crippen molar-refractivity contribution in [1.29, 1.82) is 0 Å². The van der Waals surface area contributed by atoms with Crippen LogP contribution >= 0.6 is 11.8 Å². The minimum Gasteiger partial charge on any atom is -0.338 e. The number of hydrogen-bond donors (Lipinski definition) is 0. The second-order valence-electron chi connectivity index (χ2n) is 7.45. The zero-order valence-electron chi connectivity index (χ0n) is 18.2. The number of hydrogen-bond acceptors (Lipinski definition) is 8. The lowest BCUT2D eigenvalue weighted by Crippen LogP contribution is -2.22. The van der Waals surface area contributed by atoms with Gasteiger partial charge in [-0.2, -0.15) is 9.67 Å². The first-order valence-corrected chi connectivity index (χ1v) is 11.2. The molecule has 0 aliphatic rings. The minimum atomic E-state index is -0.213. The van der Waals surface area contributed by atoms with E-state index in [1.807, 2.05) is 75.5 Å². The molecule has 0 aliphatic carbocycles. The van der Waals surface area contributed by atoms with E-state index in [9.17, 15) is 4.79 Å². The highest BCUT2D eigenvalue weighted by Gasteiger charge is 2.22. The highest BCUT2D eigenvalue weighted by molar-refractivity contribution is 7.98. The van der Waals surface area contributed by atoms with Gasteiger partial charge in [-0.05, 0) is 42.5 Å². The van der Waals surface area contributed by atoms with E-state index in [1.165, 1.54) is 16.4 Å². The van der Waals surface area contributed by atoms with Gasteiger partial charge in [-0.25, -0.2) is 4.68 Å². The van der Waals surface area contributed by atoms with E-state index in [1.54, 1.807) is 9.36 Å². The molecule has 166 valence electrons. The third kappa shape index (κ3) is 3.87. The Kier molecular flexibility index (Phi) is 5.38. The van der Waals surface area contributed by atoms with E-state index >= 15 is 0 Å². The molecule has 0 unspecified atom stereocenters. The molecular formula is C22H20N8O2S. The Labute approximate surface area is 192 Å². The lowest BCUT2D eigenvalue weighted by Gasteiger charge is -2.07. The molecule has 5 aromatic rings. The van der Waals surface area contributed by atoms with Crippen molar-refractivity contribution >= 4 is 11.8 Å². The van der Waals surface area contributed by atoms with Crippen LogP contribution in [-0.4, -0.2) is 39.7 Å². The molecule has 5 rings (SSSR count). The normalized spacial score (nSPS) is 11.2. The summed E-state index contributed by atoms with van der Waals surface area (Å²) in [7, 11) is 1.83. The number of nitrogens with zero attached hydrogens (tertiary/aromatic N) is 8. The standard InChI is InChI=1S/C22H20N8O2S/c1-14-8-7-9-16(12-14)20-23-18(32-25-20)13-33-22-24-26-27-29(22)19-15(2)28(3)30(21(19)31)17-10-5-4-6-11-17/h4-12H,13H2,1-3H3. The van der Waals surface area contributed by atoms with E-state index < -0.39 is 0 Å². The summed E-state index contributed by atoms with van der Waals surface area (Å²) in [5, 5.41) is 16.5. The van der Waals surface area contributed by atoms with Gasteiger partial charge in [0.25, 0.3) is 5.56 Å². The Hall–Kier alpha value is -3.99. The number of aromatic nitrogens is 8. The Bertz CT molecular complexity index is 1480. The second-order valence-corrected chi connectivity index (χ2v) is 8.40. The van der Waals surface area contributed by atoms with Gasteiger partial charge in [0.15, 0.2) is 5.69 Å². The van der Waals surface area contributed by atoms with Crippen molar-refractivity contribution < 1.29 is 4.52 Å². The molecular weight excluding hydrogens is 440 g/mol. The van der Waals surface area contributed by atoms with Crippen LogP contribution in [0.1, 0.15) is 17.1 Å². The first kappa shape index (κ1) is 20.9. The molecule has 0 radical (unpaired) electrons. The van der Waals surface area contributed by atoms with Gasteiger partial charge in [-0.1, -0.05) is 58.9 Å². The number of thioether (sulfide) groups is 1. The van der Waals surface area contributed by atoms with Gasteiger partial charge in [0, 0.05) is 12.6 Å². The van der Waals surface area contributed by atoms with Crippen molar-refractivity contribution in [2.75, 3.05) is 0 Å². The summed E-state index contributed by atoms with van der Waals surface area (Å²) < 4.78 is 10.2. The fourth-order valence-electron chi connectivity index (χ4n) is 3.55. The summed E-state index contributed by atoms with van der Waals surface area (Å²) in [5.41, 5.74) is 3.68. The summed E-state index contributed by atoms with van der Waals surface area (Å²) in [4.78, 5) is 17.8. The van der Waals surface area contributed by atoms with E-state index in [2.05, 4.69) is 25.7 Å². The predicted molar refractivity (Wildman–Crippen MR) is 122 cm³/mol. The third-order valence-electron chi connectivity index (χ3n) is 5.25. The average Bonchev–Trinajstić information content (AvgIpc) is 3.52. The van der Waals surface area contributed by atoms with Crippen molar-refractivity contribution in [2.45, 2.75) is 24.8 Å². The van der Waals surface area contributed by atoms with Crippen molar-refractivity contribution in [3.63, 3.8) is 0 Å². The molecule has 3 aromatic heterocycles. The smallest absolute Gasteiger partial charge is 0.297 e. The SMILES string of the molecule is Cc1cccc(-c2noc(CSc3nnnn3-c3c(C)n(C)n(-c4ccccc4)c3=O)n2)c1. The van der Waals surface area contributed by atoms with Crippen LogP contribution in [0.2, 0.25) is 0 Å². The molecule has 0 bridgehead atoms. The monoisotopic (exact) mass is 460 g/mol. The zero-order valence-corrected chi connectivity index (χ0v) is 19.0. The van der Waals surface area contributed by atoms with Gasteiger partial charge in [0.05, 0.1) is 17.1 Å². The van der Waals surface area contributed by atoms with Crippen LogP contribution in [0.3, 0.4) is 0 Å². The molecule has 0 saturated heterocycles. The Morgan fingerprint density at radius 1 is 1.06 bits per heavy atom. The first-order valence-electron chi connectivity index (χ1n) is 10.2. The molecule has 10 nitrogen and oxygen atoms in total. The topological polar surface area (TPSA) is 109 Å². The molecule has 0 N–H and O–H groups in total. The van der Waals surface area contributed by atoms with Gasteiger partial charge >= 0.3 is 0 Å². The predicted octanol–water partition coefficient (Wildman–Crippen LogP) is 3.11.